The Labute approximate surface area is 182 Å². The molecule has 0 bridgehead atoms. The Balaban J connectivity index is 1.84. The number of morpholine rings is 1. The average Bonchev–Trinajstić information content (AvgIpc) is 3.23. The van der Waals surface area contributed by atoms with Gasteiger partial charge in [0.2, 0.25) is 5.89 Å². The molecule has 0 unspecified atom stereocenters. The molecule has 3 aromatic rings. The molecule has 1 atom stereocenters. The first-order valence-corrected chi connectivity index (χ1v) is 10.0. The number of aromatic nitrogens is 2. The lowest BCUT2D eigenvalue weighted by Gasteiger charge is -2.29. The lowest BCUT2D eigenvalue weighted by Crippen LogP contribution is -2.35. The lowest BCUT2D eigenvalue weighted by molar-refractivity contribution is -0.140. The van der Waals surface area contributed by atoms with Gasteiger partial charge in [-0.3, -0.25) is 0 Å². The van der Waals surface area contributed by atoms with E-state index >= 15 is 0 Å². The van der Waals surface area contributed by atoms with Crippen LogP contribution in [-0.2, 0) is 10.9 Å². The van der Waals surface area contributed by atoms with E-state index in [0.717, 1.165) is 6.07 Å². The molecule has 32 heavy (non-hydrogen) atoms. The molecule has 3 heterocycles. The van der Waals surface area contributed by atoms with Gasteiger partial charge in [0.05, 0.1) is 32.1 Å². The third-order valence-electron chi connectivity index (χ3n) is 5.29. The van der Waals surface area contributed by atoms with Crippen molar-refractivity contribution >= 4 is 16.6 Å². The van der Waals surface area contributed by atoms with Crippen LogP contribution >= 0.6 is 0 Å². The van der Waals surface area contributed by atoms with Gasteiger partial charge in [-0.2, -0.15) is 13.2 Å². The lowest BCUT2D eigenvalue weighted by atomic mass is 10.1. The molecule has 10 heteroatoms. The van der Waals surface area contributed by atoms with Crippen molar-refractivity contribution in [3.8, 4) is 17.2 Å². The summed E-state index contributed by atoms with van der Waals surface area (Å²) in [7, 11) is 1.38. The van der Waals surface area contributed by atoms with E-state index in [0.29, 0.717) is 54.4 Å². The van der Waals surface area contributed by atoms with E-state index in [9.17, 15) is 13.2 Å². The van der Waals surface area contributed by atoms with Crippen molar-refractivity contribution in [3.63, 3.8) is 0 Å². The summed E-state index contributed by atoms with van der Waals surface area (Å²) in [6.07, 6.45) is -4.58. The first kappa shape index (κ1) is 22.1. The monoisotopic (exact) mass is 448 g/mol. The summed E-state index contributed by atoms with van der Waals surface area (Å²) in [5.74, 6) is 0.878. The van der Waals surface area contributed by atoms with Crippen molar-refractivity contribution in [1.29, 1.82) is 0 Å². The maximum Gasteiger partial charge on any atom is 0.433 e. The zero-order chi connectivity index (χ0) is 23.0. The van der Waals surface area contributed by atoms with Gasteiger partial charge in [0.1, 0.15) is 22.7 Å². The minimum atomic E-state index is -4.58. The number of benzene rings is 1. The van der Waals surface area contributed by atoms with Crippen molar-refractivity contribution < 1.29 is 27.1 Å². The molecule has 0 amide bonds. The van der Waals surface area contributed by atoms with Crippen LogP contribution in [0, 0.1) is 0 Å². The number of halogens is 3. The van der Waals surface area contributed by atoms with Gasteiger partial charge in [-0.1, -0.05) is 6.58 Å². The first-order chi connectivity index (χ1) is 15.2. The summed E-state index contributed by atoms with van der Waals surface area (Å²) in [4.78, 5) is 10.5. The van der Waals surface area contributed by atoms with E-state index < -0.39 is 17.9 Å². The van der Waals surface area contributed by atoms with E-state index in [2.05, 4.69) is 16.5 Å². The van der Waals surface area contributed by atoms with Gasteiger partial charge in [-0.25, -0.2) is 9.97 Å². The van der Waals surface area contributed by atoms with Crippen molar-refractivity contribution in [2.24, 2.45) is 5.73 Å². The van der Waals surface area contributed by atoms with E-state index in [-0.39, 0.29) is 17.2 Å². The Morgan fingerprint density at radius 3 is 2.53 bits per heavy atom. The minimum absolute atomic E-state index is 0.0638. The number of alkyl halides is 3. The quantitative estimate of drug-likeness (QED) is 0.625. The van der Waals surface area contributed by atoms with Crippen molar-refractivity contribution in [2.45, 2.75) is 19.1 Å². The smallest absolute Gasteiger partial charge is 0.433 e. The number of pyridine rings is 1. The predicted molar refractivity (Wildman–Crippen MR) is 113 cm³/mol. The predicted octanol–water partition coefficient (Wildman–Crippen LogP) is 4.24. The summed E-state index contributed by atoms with van der Waals surface area (Å²) < 4.78 is 56.3. The van der Waals surface area contributed by atoms with E-state index in [4.69, 9.17) is 19.6 Å². The van der Waals surface area contributed by atoms with Crippen LogP contribution < -0.4 is 10.5 Å². The maximum absolute atomic E-state index is 13.2. The van der Waals surface area contributed by atoms with Crippen LogP contribution in [0.3, 0.4) is 0 Å². The van der Waals surface area contributed by atoms with E-state index in [1.165, 1.54) is 19.2 Å². The molecule has 0 spiro atoms. The number of nitrogens with zero attached hydrogens (tertiary/aromatic N) is 3. The zero-order valence-corrected chi connectivity index (χ0v) is 17.7. The third-order valence-corrected chi connectivity index (χ3v) is 5.29. The SMILES string of the molecule is C=C(c1nc(-c2ccc(OC)c3nc(C(F)(F)F)ccc23)oc1[C@H](C)N)N1CCOCC1. The van der Waals surface area contributed by atoms with Crippen LogP contribution in [0.15, 0.2) is 35.3 Å². The molecule has 1 fully saturated rings. The number of rotatable bonds is 5. The van der Waals surface area contributed by atoms with E-state index in [1.807, 2.05) is 4.90 Å². The van der Waals surface area contributed by atoms with Crippen LogP contribution in [0.5, 0.6) is 5.75 Å². The number of fused-ring (bicyclic) bond motifs is 1. The van der Waals surface area contributed by atoms with Gasteiger partial charge >= 0.3 is 6.18 Å². The Bertz CT molecular complexity index is 1150. The Kier molecular flexibility index (Phi) is 5.83. The second kappa shape index (κ2) is 8.44. The van der Waals surface area contributed by atoms with Crippen LogP contribution in [0.25, 0.3) is 28.1 Å². The highest BCUT2D eigenvalue weighted by molar-refractivity contribution is 5.96. The zero-order valence-electron chi connectivity index (χ0n) is 17.7. The topological polar surface area (TPSA) is 86.6 Å². The second-order valence-electron chi connectivity index (χ2n) is 7.47. The highest BCUT2D eigenvalue weighted by Gasteiger charge is 2.33. The molecule has 1 aliphatic heterocycles. The van der Waals surface area contributed by atoms with Gasteiger partial charge in [-0.15, -0.1) is 0 Å². The van der Waals surface area contributed by atoms with Crippen molar-refractivity contribution in [1.82, 2.24) is 14.9 Å². The summed E-state index contributed by atoms with van der Waals surface area (Å²) in [6.45, 7) is 8.41. The van der Waals surface area contributed by atoms with Crippen LogP contribution in [0.2, 0.25) is 0 Å². The fourth-order valence-electron chi connectivity index (χ4n) is 3.65. The highest BCUT2D eigenvalue weighted by Crippen LogP contribution is 2.38. The average molecular weight is 448 g/mol. The van der Waals surface area contributed by atoms with E-state index in [1.54, 1.807) is 13.0 Å². The summed E-state index contributed by atoms with van der Waals surface area (Å²) in [5.41, 5.74) is 6.83. The number of ether oxygens (including phenoxy) is 2. The highest BCUT2D eigenvalue weighted by atomic mass is 19.4. The van der Waals surface area contributed by atoms with Gasteiger partial charge in [-0.05, 0) is 31.2 Å². The molecule has 4 rings (SSSR count). The molecular weight excluding hydrogens is 425 g/mol. The number of nitrogens with two attached hydrogens (primary N) is 1. The second-order valence-corrected chi connectivity index (χ2v) is 7.47. The van der Waals surface area contributed by atoms with Crippen LogP contribution in [0.4, 0.5) is 13.2 Å². The third kappa shape index (κ3) is 4.03. The Hall–Kier alpha value is -3.11. The Morgan fingerprint density at radius 1 is 1.19 bits per heavy atom. The summed E-state index contributed by atoms with van der Waals surface area (Å²) >= 11 is 0. The van der Waals surface area contributed by atoms with Gasteiger partial charge in [0.25, 0.3) is 0 Å². The fourth-order valence-corrected chi connectivity index (χ4v) is 3.65. The molecule has 1 aromatic carbocycles. The number of hydrogen-bond donors (Lipinski definition) is 1. The molecular formula is C22H23F3N4O3. The molecule has 0 radical (unpaired) electrons. The normalized spacial score (nSPS) is 15.8. The number of hydrogen-bond acceptors (Lipinski definition) is 7. The van der Waals surface area contributed by atoms with Gasteiger partial charge in [0, 0.05) is 24.0 Å². The maximum atomic E-state index is 13.2. The van der Waals surface area contributed by atoms with Crippen LogP contribution in [-0.4, -0.2) is 48.3 Å². The number of methoxy groups -OCH3 is 1. The largest absolute Gasteiger partial charge is 0.494 e. The minimum Gasteiger partial charge on any atom is -0.494 e. The molecule has 0 saturated carbocycles. The van der Waals surface area contributed by atoms with Crippen molar-refractivity contribution in [3.05, 3.63) is 48.0 Å². The molecule has 170 valence electrons. The Morgan fingerprint density at radius 2 is 1.91 bits per heavy atom. The molecule has 2 N–H and O–H groups in total. The van der Waals surface area contributed by atoms with Gasteiger partial charge < -0.3 is 24.5 Å². The molecule has 1 saturated heterocycles. The van der Waals surface area contributed by atoms with Crippen LogP contribution in [0.1, 0.15) is 30.1 Å². The summed E-state index contributed by atoms with van der Waals surface area (Å²) in [6, 6.07) is 5.01. The van der Waals surface area contributed by atoms with Crippen molar-refractivity contribution in [2.75, 3.05) is 33.4 Å². The molecule has 1 aliphatic rings. The standard InChI is InChI=1S/C22H23F3N4O3/c1-12(26)20-18(13(2)29-8-10-31-11-9-29)28-21(32-20)15-4-6-16(30-3)19-14(15)5-7-17(27-19)22(23,24)25/h4-7,12H,2,8-11,26H2,1,3H3/t12-/m0/s1. The first-order valence-electron chi connectivity index (χ1n) is 10.0. The van der Waals surface area contributed by atoms with Gasteiger partial charge in [0.15, 0.2) is 5.76 Å². The molecule has 2 aromatic heterocycles. The molecule has 0 aliphatic carbocycles. The molecule has 7 nitrogen and oxygen atoms in total. The fraction of sp³-hybridized carbons (Fsp3) is 0.364. The number of oxazole rings is 1. The summed E-state index contributed by atoms with van der Waals surface area (Å²) in [5, 5.41) is 0.415.